The van der Waals surface area contributed by atoms with E-state index < -0.39 is 0 Å². The van der Waals surface area contributed by atoms with Gasteiger partial charge in [-0.05, 0) is 42.0 Å². The molecular weight excluding hydrogens is 267 g/mol. The molecule has 18 heavy (non-hydrogen) atoms. The highest BCUT2D eigenvalue weighted by Crippen LogP contribution is 2.12. The minimum absolute atomic E-state index is 0.492. The molecule has 2 N–H and O–H groups in total. The number of nitrogens with zero attached hydrogens (tertiary/aromatic N) is 1. The van der Waals surface area contributed by atoms with Crippen molar-refractivity contribution in [1.82, 2.24) is 0 Å². The summed E-state index contributed by atoms with van der Waals surface area (Å²) in [5, 5.41) is 1.38. The van der Waals surface area contributed by atoms with Gasteiger partial charge in [0.05, 0.1) is 6.54 Å². The van der Waals surface area contributed by atoms with E-state index in [2.05, 4.69) is 4.99 Å². The highest BCUT2D eigenvalue weighted by atomic mass is 35.5. The standard InChI is InChI=1S/C14H12Cl2N2/c15-12-6-4-11(5-7-12)14(17)18-9-10-2-1-3-13(16)8-10/h1-8H,9H2,(H2,17,18). The van der Waals surface area contributed by atoms with Crippen molar-refractivity contribution in [3.05, 3.63) is 69.7 Å². The first-order chi connectivity index (χ1) is 8.65. The number of nitrogens with two attached hydrogens (primary N) is 1. The van der Waals surface area contributed by atoms with Gasteiger partial charge in [0.1, 0.15) is 5.84 Å². The second kappa shape index (κ2) is 5.89. The molecule has 0 fully saturated rings. The lowest BCUT2D eigenvalue weighted by atomic mass is 10.2. The number of rotatable bonds is 3. The molecule has 0 amide bonds. The van der Waals surface area contributed by atoms with E-state index >= 15 is 0 Å². The summed E-state index contributed by atoms with van der Waals surface area (Å²) < 4.78 is 0. The summed E-state index contributed by atoms with van der Waals surface area (Å²) in [7, 11) is 0. The maximum absolute atomic E-state index is 5.90. The molecule has 0 aliphatic heterocycles. The predicted molar refractivity (Wildman–Crippen MR) is 77.3 cm³/mol. The predicted octanol–water partition coefficient (Wildman–Crippen LogP) is 3.90. The Labute approximate surface area is 116 Å². The molecule has 4 heteroatoms. The molecule has 0 bridgehead atoms. The van der Waals surface area contributed by atoms with Crippen LogP contribution < -0.4 is 5.73 Å². The minimum atomic E-state index is 0.492. The van der Waals surface area contributed by atoms with Crippen molar-refractivity contribution in [3.8, 4) is 0 Å². The van der Waals surface area contributed by atoms with Gasteiger partial charge < -0.3 is 5.73 Å². The topological polar surface area (TPSA) is 38.4 Å². The quantitative estimate of drug-likeness (QED) is 0.671. The smallest absolute Gasteiger partial charge is 0.125 e. The molecule has 0 saturated heterocycles. The van der Waals surface area contributed by atoms with Gasteiger partial charge in [-0.15, -0.1) is 0 Å². The minimum Gasteiger partial charge on any atom is -0.383 e. The van der Waals surface area contributed by atoms with E-state index in [1.54, 1.807) is 12.1 Å². The lowest BCUT2D eigenvalue weighted by Crippen LogP contribution is -2.13. The molecule has 0 heterocycles. The summed E-state index contributed by atoms with van der Waals surface area (Å²) in [5.41, 5.74) is 7.79. The molecule has 0 aromatic heterocycles. The third-order valence-corrected chi connectivity index (χ3v) is 2.95. The van der Waals surface area contributed by atoms with Gasteiger partial charge in [0.25, 0.3) is 0 Å². The van der Waals surface area contributed by atoms with Gasteiger partial charge in [0.15, 0.2) is 0 Å². The van der Waals surface area contributed by atoms with Crippen LogP contribution >= 0.6 is 23.2 Å². The van der Waals surface area contributed by atoms with Crippen molar-refractivity contribution >= 4 is 29.0 Å². The Morgan fingerprint density at radius 2 is 1.72 bits per heavy atom. The van der Waals surface area contributed by atoms with E-state index in [0.717, 1.165) is 11.1 Å². The Morgan fingerprint density at radius 3 is 2.39 bits per heavy atom. The van der Waals surface area contributed by atoms with Crippen molar-refractivity contribution in [2.75, 3.05) is 0 Å². The zero-order chi connectivity index (χ0) is 13.0. The molecule has 0 aliphatic rings. The Morgan fingerprint density at radius 1 is 1.00 bits per heavy atom. The molecule has 0 radical (unpaired) electrons. The number of amidine groups is 1. The van der Waals surface area contributed by atoms with Crippen LogP contribution in [0.4, 0.5) is 0 Å². The summed E-state index contributed by atoms with van der Waals surface area (Å²) >= 11 is 11.7. The summed E-state index contributed by atoms with van der Waals surface area (Å²) in [4.78, 5) is 4.33. The molecule has 0 spiro atoms. The second-order valence-electron chi connectivity index (χ2n) is 3.84. The zero-order valence-corrected chi connectivity index (χ0v) is 11.1. The van der Waals surface area contributed by atoms with Gasteiger partial charge >= 0.3 is 0 Å². The molecule has 92 valence electrons. The third kappa shape index (κ3) is 3.49. The number of aliphatic imine (C=N–C) groups is 1. The molecule has 2 aromatic carbocycles. The first kappa shape index (κ1) is 12.9. The van der Waals surface area contributed by atoms with E-state index in [4.69, 9.17) is 28.9 Å². The molecule has 0 atom stereocenters. The lowest BCUT2D eigenvalue weighted by molar-refractivity contribution is 1.06. The van der Waals surface area contributed by atoms with E-state index in [1.165, 1.54) is 0 Å². The van der Waals surface area contributed by atoms with Gasteiger partial charge in [-0.25, -0.2) is 0 Å². The Hall–Kier alpha value is -1.51. The first-order valence-electron chi connectivity index (χ1n) is 5.45. The van der Waals surface area contributed by atoms with E-state index in [1.807, 2.05) is 36.4 Å². The van der Waals surface area contributed by atoms with Crippen LogP contribution in [0.2, 0.25) is 10.0 Å². The Balaban J connectivity index is 2.11. The number of hydrogen-bond acceptors (Lipinski definition) is 1. The normalized spacial score (nSPS) is 11.6. The van der Waals surface area contributed by atoms with Crippen LogP contribution in [0.5, 0.6) is 0 Å². The van der Waals surface area contributed by atoms with Crippen molar-refractivity contribution in [3.63, 3.8) is 0 Å². The van der Waals surface area contributed by atoms with Crippen LogP contribution in [0.3, 0.4) is 0 Å². The number of halogens is 2. The maximum atomic E-state index is 5.90. The third-order valence-electron chi connectivity index (χ3n) is 2.46. The fourth-order valence-electron chi connectivity index (χ4n) is 1.52. The van der Waals surface area contributed by atoms with E-state index in [-0.39, 0.29) is 0 Å². The fraction of sp³-hybridized carbons (Fsp3) is 0.0714. The Bertz CT molecular complexity index is 562. The highest BCUT2D eigenvalue weighted by molar-refractivity contribution is 6.30. The van der Waals surface area contributed by atoms with Gasteiger partial charge in [-0.3, -0.25) is 4.99 Å². The molecule has 2 nitrogen and oxygen atoms in total. The van der Waals surface area contributed by atoms with Gasteiger partial charge in [0, 0.05) is 15.6 Å². The summed E-state index contributed by atoms with van der Waals surface area (Å²) in [6.45, 7) is 0.509. The average molecular weight is 279 g/mol. The Kier molecular flexibility index (Phi) is 4.24. The van der Waals surface area contributed by atoms with Crippen LogP contribution in [0.1, 0.15) is 11.1 Å². The molecular formula is C14H12Cl2N2. The summed E-state index contributed by atoms with van der Waals surface area (Å²) in [6, 6.07) is 14.8. The molecule has 0 saturated carbocycles. The van der Waals surface area contributed by atoms with E-state index in [0.29, 0.717) is 22.4 Å². The highest BCUT2D eigenvalue weighted by Gasteiger charge is 1.98. The summed E-state index contributed by atoms with van der Waals surface area (Å²) in [6.07, 6.45) is 0. The van der Waals surface area contributed by atoms with Crippen LogP contribution in [-0.4, -0.2) is 5.84 Å². The second-order valence-corrected chi connectivity index (χ2v) is 4.71. The van der Waals surface area contributed by atoms with Crippen LogP contribution in [0, 0.1) is 0 Å². The van der Waals surface area contributed by atoms with Crippen molar-refractivity contribution in [1.29, 1.82) is 0 Å². The first-order valence-corrected chi connectivity index (χ1v) is 6.21. The molecule has 0 unspecified atom stereocenters. The van der Waals surface area contributed by atoms with Crippen molar-refractivity contribution in [2.45, 2.75) is 6.54 Å². The molecule has 2 rings (SSSR count). The average Bonchev–Trinajstić information content (AvgIpc) is 2.37. The maximum Gasteiger partial charge on any atom is 0.125 e. The van der Waals surface area contributed by atoms with Crippen LogP contribution in [0.25, 0.3) is 0 Å². The largest absolute Gasteiger partial charge is 0.383 e. The monoisotopic (exact) mass is 278 g/mol. The molecule has 0 aliphatic carbocycles. The number of benzene rings is 2. The van der Waals surface area contributed by atoms with Crippen molar-refractivity contribution in [2.24, 2.45) is 10.7 Å². The summed E-state index contributed by atoms with van der Waals surface area (Å²) in [5.74, 6) is 0.492. The van der Waals surface area contributed by atoms with Crippen molar-refractivity contribution < 1.29 is 0 Å². The van der Waals surface area contributed by atoms with Crippen LogP contribution in [-0.2, 0) is 6.54 Å². The van der Waals surface area contributed by atoms with E-state index in [9.17, 15) is 0 Å². The fourth-order valence-corrected chi connectivity index (χ4v) is 1.86. The van der Waals surface area contributed by atoms with Crippen LogP contribution in [0.15, 0.2) is 53.5 Å². The zero-order valence-electron chi connectivity index (χ0n) is 9.61. The SMILES string of the molecule is NC(=NCc1cccc(Cl)c1)c1ccc(Cl)cc1. The van der Waals surface area contributed by atoms with Gasteiger partial charge in [-0.2, -0.15) is 0 Å². The number of hydrogen-bond donors (Lipinski definition) is 1. The lowest BCUT2D eigenvalue weighted by Gasteiger charge is -2.02. The van der Waals surface area contributed by atoms with Gasteiger partial charge in [-0.1, -0.05) is 35.3 Å². The van der Waals surface area contributed by atoms with Gasteiger partial charge in [0.2, 0.25) is 0 Å². The molecule has 2 aromatic rings.